The molecule has 2 aromatic rings. The van der Waals surface area contributed by atoms with Gasteiger partial charge in [-0.2, -0.15) is 0 Å². The van der Waals surface area contributed by atoms with Crippen LogP contribution in [-0.4, -0.2) is 28.2 Å². The van der Waals surface area contributed by atoms with E-state index in [1.165, 1.54) is 16.2 Å². The van der Waals surface area contributed by atoms with Crippen molar-refractivity contribution in [3.05, 3.63) is 50.4 Å². The van der Waals surface area contributed by atoms with Gasteiger partial charge in [-0.25, -0.2) is 4.98 Å². The Hall–Kier alpha value is -1.53. The Bertz CT molecular complexity index is 633. The Morgan fingerprint density at radius 3 is 2.32 bits per heavy atom. The van der Waals surface area contributed by atoms with Crippen LogP contribution in [0.15, 0.2) is 33.6 Å². The standard InChI is InChI=1S/C13H9BrN2O2S/c14-13-15-8(7-19-13)5-6-16-11(17)9-3-1-2-4-10(9)12(16)18/h1-4,7H,5-6H2. The maximum atomic E-state index is 12.1. The van der Waals surface area contributed by atoms with Crippen LogP contribution in [0.4, 0.5) is 0 Å². The second-order valence-corrected chi connectivity index (χ2v) is 6.28. The first-order chi connectivity index (χ1) is 9.16. The number of thiazole rings is 1. The van der Waals surface area contributed by atoms with Gasteiger partial charge in [0.25, 0.3) is 11.8 Å². The van der Waals surface area contributed by atoms with Gasteiger partial charge in [-0.15, -0.1) is 11.3 Å². The average molecular weight is 337 g/mol. The van der Waals surface area contributed by atoms with E-state index < -0.39 is 0 Å². The number of carbonyl (C=O) groups is 2. The second-order valence-electron chi connectivity index (χ2n) is 4.15. The Morgan fingerprint density at radius 2 is 1.79 bits per heavy atom. The van der Waals surface area contributed by atoms with Gasteiger partial charge in [-0.3, -0.25) is 14.5 Å². The molecule has 0 atom stereocenters. The lowest BCUT2D eigenvalue weighted by atomic mass is 10.1. The molecule has 19 heavy (non-hydrogen) atoms. The van der Waals surface area contributed by atoms with Crippen LogP contribution in [-0.2, 0) is 6.42 Å². The van der Waals surface area contributed by atoms with Crippen LogP contribution in [0.25, 0.3) is 0 Å². The molecule has 2 heterocycles. The van der Waals surface area contributed by atoms with Crippen LogP contribution >= 0.6 is 27.3 Å². The van der Waals surface area contributed by atoms with Crippen molar-refractivity contribution >= 4 is 39.1 Å². The third-order valence-corrected chi connectivity index (χ3v) is 4.41. The molecule has 0 bridgehead atoms. The number of rotatable bonds is 3. The normalized spacial score (nSPS) is 14.1. The number of hydrogen-bond acceptors (Lipinski definition) is 4. The summed E-state index contributed by atoms with van der Waals surface area (Å²) in [5, 5.41) is 1.92. The average Bonchev–Trinajstić information content (AvgIpc) is 2.93. The Kier molecular flexibility index (Phi) is 3.20. The van der Waals surface area contributed by atoms with Gasteiger partial charge in [-0.05, 0) is 28.1 Å². The molecule has 0 spiro atoms. The van der Waals surface area contributed by atoms with E-state index >= 15 is 0 Å². The Balaban J connectivity index is 1.77. The highest BCUT2D eigenvalue weighted by Crippen LogP contribution is 2.23. The number of benzene rings is 1. The minimum Gasteiger partial charge on any atom is -0.274 e. The van der Waals surface area contributed by atoms with Crippen LogP contribution in [0.2, 0.25) is 0 Å². The molecular formula is C13H9BrN2O2S. The lowest BCUT2D eigenvalue weighted by Crippen LogP contribution is -2.31. The zero-order valence-electron chi connectivity index (χ0n) is 9.80. The zero-order valence-corrected chi connectivity index (χ0v) is 12.2. The summed E-state index contributed by atoms with van der Waals surface area (Å²) < 4.78 is 0.810. The molecule has 0 N–H and O–H groups in total. The Labute approximate surface area is 122 Å². The highest BCUT2D eigenvalue weighted by molar-refractivity contribution is 9.11. The van der Waals surface area contributed by atoms with E-state index in [2.05, 4.69) is 20.9 Å². The highest BCUT2D eigenvalue weighted by atomic mass is 79.9. The topological polar surface area (TPSA) is 50.3 Å². The molecule has 0 radical (unpaired) electrons. The fourth-order valence-electron chi connectivity index (χ4n) is 2.07. The van der Waals surface area contributed by atoms with E-state index in [0.29, 0.717) is 24.1 Å². The molecule has 1 aliphatic heterocycles. The van der Waals surface area contributed by atoms with Crippen LogP contribution < -0.4 is 0 Å². The predicted molar refractivity (Wildman–Crippen MR) is 75.3 cm³/mol. The van der Waals surface area contributed by atoms with Crippen molar-refractivity contribution in [1.82, 2.24) is 9.88 Å². The molecule has 0 aliphatic carbocycles. The van der Waals surface area contributed by atoms with Gasteiger partial charge in [0, 0.05) is 18.3 Å². The summed E-state index contributed by atoms with van der Waals surface area (Å²) in [5.41, 5.74) is 1.87. The number of carbonyl (C=O) groups excluding carboxylic acids is 2. The molecule has 0 fully saturated rings. The molecule has 0 unspecified atom stereocenters. The number of nitrogens with zero attached hydrogens (tertiary/aromatic N) is 2. The second kappa shape index (κ2) is 4.86. The lowest BCUT2D eigenvalue weighted by molar-refractivity contribution is 0.0656. The quantitative estimate of drug-likeness (QED) is 0.810. The maximum Gasteiger partial charge on any atom is 0.261 e. The van der Waals surface area contributed by atoms with E-state index in [9.17, 15) is 9.59 Å². The van der Waals surface area contributed by atoms with Crippen molar-refractivity contribution in [3.8, 4) is 0 Å². The van der Waals surface area contributed by atoms with Gasteiger partial charge in [0.15, 0.2) is 3.92 Å². The number of hydrogen-bond donors (Lipinski definition) is 0. The zero-order chi connectivity index (χ0) is 13.4. The molecule has 2 amide bonds. The molecule has 0 saturated carbocycles. The summed E-state index contributed by atoms with van der Waals surface area (Å²) >= 11 is 4.79. The smallest absolute Gasteiger partial charge is 0.261 e. The molecule has 96 valence electrons. The molecule has 0 saturated heterocycles. The van der Waals surface area contributed by atoms with E-state index in [0.717, 1.165) is 9.61 Å². The fraction of sp³-hybridized carbons (Fsp3) is 0.154. The molecule has 1 aromatic heterocycles. The van der Waals surface area contributed by atoms with Gasteiger partial charge in [0.1, 0.15) is 0 Å². The minimum absolute atomic E-state index is 0.213. The van der Waals surface area contributed by atoms with E-state index in [1.807, 2.05) is 5.38 Å². The van der Waals surface area contributed by atoms with Crippen LogP contribution in [0.3, 0.4) is 0 Å². The van der Waals surface area contributed by atoms with E-state index in [1.54, 1.807) is 24.3 Å². The van der Waals surface area contributed by atoms with Gasteiger partial charge in [-0.1, -0.05) is 12.1 Å². The van der Waals surface area contributed by atoms with E-state index in [4.69, 9.17) is 0 Å². The van der Waals surface area contributed by atoms with Crippen molar-refractivity contribution in [2.24, 2.45) is 0 Å². The summed E-state index contributed by atoms with van der Waals surface area (Å²) in [5.74, 6) is -0.426. The van der Waals surface area contributed by atoms with Gasteiger partial charge in [0.05, 0.1) is 16.8 Å². The first-order valence-electron chi connectivity index (χ1n) is 5.72. The van der Waals surface area contributed by atoms with Crippen molar-refractivity contribution in [1.29, 1.82) is 0 Å². The summed E-state index contributed by atoms with van der Waals surface area (Å²) in [6.45, 7) is 0.364. The van der Waals surface area contributed by atoms with E-state index in [-0.39, 0.29) is 11.8 Å². The third-order valence-electron chi connectivity index (χ3n) is 2.99. The lowest BCUT2D eigenvalue weighted by Gasteiger charge is -2.12. The minimum atomic E-state index is -0.213. The highest BCUT2D eigenvalue weighted by Gasteiger charge is 2.34. The van der Waals surface area contributed by atoms with Crippen LogP contribution in [0.1, 0.15) is 26.4 Å². The van der Waals surface area contributed by atoms with Crippen LogP contribution in [0, 0.1) is 0 Å². The van der Waals surface area contributed by atoms with Crippen molar-refractivity contribution in [2.75, 3.05) is 6.54 Å². The summed E-state index contributed by atoms with van der Waals surface area (Å²) in [6, 6.07) is 6.92. The summed E-state index contributed by atoms with van der Waals surface area (Å²) in [6.07, 6.45) is 0.577. The van der Waals surface area contributed by atoms with Crippen molar-refractivity contribution < 1.29 is 9.59 Å². The predicted octanol–water partition coefficient (Wildman–Crippen LogP) is 2.74. The number of halogens is 1. The molecule has 1 aliphatic rings. The number of amides is 2. The first-order valence-corrected chi connectivity index (χ1v) is 7.39. The Morgan fingerprint density at radius 1 is 1.16 bits per heavy atom. The molecule has 6 heteroatoms. The van der Waals surface area contributed by atoms with Crippen molar-refractivity contribution in [2.45, 2.75) is 6.42 Å². The molecular weight excluding hydrogens is 328 g/mol. The first kappa shape index (κ1) is 12.5. The summed E-state index contributed by atoms with van der Waals surface area (Å²) in [4.78, 5) is 29.8. The number of imide groups is 1. The van der Waals surface area contributed by atoms with Crippen molar-refractivity contribution in [3.63, 3.8) is 0 Å². The third kappa shape index (κ3) is 2.21. The van der Waals surface area contributed by atoms with Crippen LogP contribution in [0.5, 0.6) is 0 Å². The van der Waals surface area contributed by atoms with Gasteiger partial charge < -0.3 is 0 Å². The molecule has 3 rings (SSSR count). The monoisotopic (exact) mass is 336 g/mol. The number of fused-ring (bicyclic) bond motifs is 1. The maximum absolute atomic E-state index is 12.1. The van der Waals surface area contributed by atoms with Gasteiger partial charge >= 0.3 is 0 Å². The summed E-state index contributed by atoms with van der Waals surface area (Å²) in [7, 11) is 0. The SMILES string of the molecule is O=C1c2ccccc2C(=O)N1CCc1csc(Br)n1. The largest absolute Gasteiger partial charge is 0.274 e. The molecule has 1 aromatic carbocycles. The number of aromatic nitrogens is 1. The molecule has 4 nitrogen and oxygen atoms in total. The fourth-order valence-corrected chi connectivity index (χ4v) is 3.15. The van der Waals surface area contributed by atoms with Gasteiger partial charge in [0.2, 0.25) is 0 Å².